The Balaban J connectivity index is 1.99. The Bertz CT molecular complexity index is 307. The fourth-order valence-electron chi connectivity index (χ4n) is 2.10. The molecule has 0 bridgehead atoms. The lowest BCUT2D eigenvalue weighted by atomic mass is 9.78. The van der Waals surface area contributed by atoms with Crippen LogP contribution >= 0.6 is 11.5 Å². The summed E-state index contributed by atoms with van der Waals surface area (Å²) in [5.74, 6) is 1.68. The van der Waals surface area contributed by atoms with Gasteiger partial charge in [-0.1, -0.05) is 6.92 Å². The maximum Gasteiger partial charge on any atom is 0.133 e. The Kier molecular flexibility index (Phi) is 2.96. The highest BCUT2D eigenvalue weighted by Crippen LogP contribution is 2.30. The molecule has 0 spiro atoms. The average molecular weight is 209 g/mol. The third-order valence-corrected chi connectivity index (χ3v) is 3.89. The molecular weight excluding hydrogens is 194 g/mol. The first-order valence-corrected chi connectivity index (χ1v) is 5.94. The van der Waals surface area contributed by atoms with Gasteiger partial charge in [-0.25, -0.2) is 4.37 Å². The van der Waals surface area contributed by atoms with Crippen LogP contribution in [0.15, 0.2) is 12.3 Å². The molecule has 14 heavy (non-hydrogen) atoms. The van der Waals surface area contributed by atoms with Crippen molar-refractivity contribution in [2.24, 2.45) is 11.8 Å². The standard InChI is InChI=1S/C11H15NOS/c1-8-2-3-10(13)6-9(8)7-11-4-5-12-14-11/h4-5,8-9H,2-3,6-7H2,1H3. The smallest absolute Gasteiger partial charge is 0.133 e. The highest BCUT2D eigenvalue weighted by atomic mass is 32.1. The third kappa shape index (κ3) is 2.21. The van der Waals surface area contributed by atoms with E-state index < -0.39 is 0 Å². The molecule has 0 saturated heterocycles. The van der Waals surface area contributed by atoms with Gasteiger partial charge in [-0.15, -0.1) is 0 Å². The Morgan fingerprint density at radius 3 is 3.21 bits per heavy atom. The van der Waals surface area contributed by atoms with Gasteiger partial charge in [-0.3, -0.25) is 4.79 Å². The molecular formula is C11H15NOS. The van der Waals surface area contributed by atoms with Crippen molar-refractivity contribution in [2.45, 2.75) is 32.6 Å². The van der Waals surface area contributed by atoms with Gasteiger partial charge >= 0.3 is 0 Å². The van der Waals surface area contributed by atoms with Crippen LogP contribution in [0.5, 0.6) is 0 Å². The molecule has 1 aliphatic carbocycles. The molecule has 0 radical (unpaired) electrons. The second-order valence-electron chi connectivity index (χ2n) is 4.20. The average Bonchev–Trinajstić information content (AvgIpc) is 2.64. The summed E-state index contributed by atoms with van der Waals surface area (Å²) >= 11 is 1.56. The van der Waals surface area contributed by atoms with Gasteiger partial charge in [0.25, 0.3) is 0 Å². The maximum absolute atomic E-state index is 11.3. The second-order valence-corrected chi connectivity index (χ2v) is 5.12. The molecule has 2 rings (SSSR count). The minimum absolute atomic E-state index is 0.442. The van der Waals surface area contributed by atoms with Gasteiger partial charge in [0.05, 0.1) is 0 Å². The number of ketones is 1. The maximum atomic E-state index is 11.3. The van der Waals surface area contributed by atoms with E-state index >= 15 is 0 Å². The van der Waals surface area contributed by atoms with Crippen LogP contribution in [0.3, 0.4) is 0 Å². The zero-order chi connectivity index (χ0) is 9.97. The summed E-state index contributed by atoms with van der Waals surface area (Å²) in [6, 6.07) is 2.07. The molecule has 1 heterocycles. The van der Waals surface area contributed by atoms with Crippen molar-refractivity contribution < 1.29 is 4.79 Å². The molecule has 0 aliphatic heterocycles. The zero-order valence-electron chi connectivity index (χ0n) is 8.40. The fourth-order valence-corrected chi connectivity index (χ4v) is 2.77. The van der Waals surface area contributed by atoms with Crippen LogP contribution in [0.1, 0.15) is 31.1 Å². The van der Waals surface area contributed by atoms with E-state index in [9.17, 15) is 4.79 Å². The molecule has 2 atom stereocenters. The van der Waals surface area contributed by atoms with Crippen LogP contribution in [0, 0.1) is 11.8 Å². The van der Waals surface area contributed by atoms with Crippen molar-refractivity contribution >= 4 is 17.3 Å². The molecule has 0 N–H and O–H groups in total. The molecule has 1 aromatic heterocycles. The summed E-state index contributed by atoms with van der Waals surface area (Å²) in [7, 11) is 0. The molecule has 76 valence electrons. The van der Waals surface area contributed by atoms with E-state index in [0.717, 1.165) is 25.7 Å². The molecule has 2 unspecified atom stereocenters. The summed E-state index contributed by atoms with van der Waals surface area (Å²) in [6.07, 6.45) is 5.52. The van der Waals surface area contributed by atoms with Crippen molar-refractivity contribution in [3.63, 3.8) is 0 Å². The van der Waals surface area contributed by atoms with Crippen molar-refractivity contribution in [1.29, 1.82) is 0 Å². The first kappa shape index (κ1) is 9.84. The molecule has 0 aromatic carbocycles. The summed E-state index contributed by atoms with van der Waals surface area (Å²) in [5, 5.41) is 0. The summed E-state index contributed by atoms with van der Waals surface area (Å²) < 4.78 is 4.09. The summed E-state index contributed by atoms with van der Waals surface area (Å²) in [6.45, 7) is 2.26. The second kappa shape index (κ2) is 4.22. The molecule has 1 saturated carbocycles. The number of Topliss-reactive ketones (excluding diaryl/α,β-unsaturated/α-hetero) is 1. The molecule has 1 aliphatic rings. The predicted molar refractivity (Wildman–Crippen MR) is 57.3 cm³/mol. The van der Waals surface area contributed by atoms with Crippen LogP contribution in [-0.4, -0.2) is 10.2 Å². The van der Waals surface area contributed by atoms with Crippen molar-refractivity contribution in [3.8, 4) is 0 Å². The van der Waals surface area contributed by atoms with E-state index in [1.807, 2.05) is 6.20 Å². The van der Waals surface area contributed by atoms with E-state index in [2.05, 4.69) is 17.4 Å². The van der Waals surface area contributed by atoms with Gasteiger partial charge in [-0.05, 0) is 42.3 Å². The minimum atomic E-state index is 0.442. The number of rotatable bonds is 2. The van der Waals surface area contributed by atoms with Crippen LogP contribution in [0.2, 0.25) is 0 Å². The topological polar surface area (TPSA) is 30.0 Å². The number of carbonyl (C=O) groups excluding carboxylic acids is 1. The molecule has 2 nitrogen and oxygen atoms in total. The normalized spacial score (nSPS) is 27.9. The summed E-state index contributed by atoms with van der Waals surface area (Å²) in [4.78, 5) is 12.7. The Morgan fingerprint density at radius 2 is 2.50 bits per heavy atom. The van der Waals surface area contributed by atoms with Crippen LogP contribution in [0.25, 0.3) is 0 Å². The van der Waals surface area contributed by atoms with E-state index in [4.69, 9.17) is 0 Å². The van der Waals surface area contributed by atoms with Crippen molar-refractivity contribution in [2.75, 3.05) is 0 Å². The van der Waals surface area contributed by atoms with Gasteiger partial charge in [-0.2, -0.15) is 0 Å². The summed E-state index contributed by atoms with van der Waals surface area (Å²) in [5.41, 5.74) is 0. The lowest BCUT2D eigenvalue weighted by molar-refractivity contribution is -0.122. The Labute approximate surface area is 88.5 Å². The zero-order valence-corrected chi connectivity index (χ0v) is 9.22. The van der Waals surface area contributed by atoms with Crippen molar-refractivity contribution in [1.82, 2.24) is 4.37 Å². The highest BCUT2D eigenvalue weighted by Gasteiger charge is 2.26. The lowest BCUT2D eigenvalue weighted by Crippen LogP contribution is -2.24. The number of hydrogen-bond donors (Lipinski definition) is 0. The number of aromatic nitrogens is 1. The van der Waals surface area contributed by atoms with Crippen molar-refractivity contribution in [3.05, 3.63) is 17.1 Å². The Morgan fingerprint density at radius 1 is 1.64 bits per heavy atom. The highest BCUT2D eigenvalue weighted by molar-refractivity contribution is 7.05. The molecule has 1 aromatic rings. The number of carbonyl (C=O) groups is 1. The van der Waals surface area contributed by atoms with E-state index in [-0.39, 0.29) is 0 Å². The van der Waals surface area contributed by atoms with E-state index in [0.29, 0.717) is 17.6 Å². The first-order valence-electron chi connectivity index (χ1n) is 5.17. The van der Waals surface area contributed by atoms with E-state index in [1.54, 1.807) is 11.5 Å². The van der Waals surface area contributed by atoms with Gasteiger partial charge < -0.3 is 0 Å². The van der Waals surface area contributed by atoms with Crippen LogP contribution < -0.4 is 0 Å². The first-order chi connectivity index (χ1) is 6.75. The molecule has 0 amide bonds. The van der Waals surface area contributed by atoms with E-state index in [1.165, 1.54) is 4.88 Å². The van der Waals surface area contributed by atoms with Gasteiger partial charge in [0.1, 0.15) is 5.78 Å². The van der Waals surface area contributed by atoms with Crippen LogP contribution in [0.4, 0.5) is 0 Å². The van der Waals surface area contributed by atoms with Gasteiger partial charge in [0, 0.05) is 23.9 Å². The molecule has 1 fully saturated rings. The minimum Gasteiger partial charge on any atom is -0.300 e. The third-order valence-electron chi connectivity index (χ3n) is 3.13. The lowest BCUT2D eigenvalue weighted by Gasteiger charge is -2.27. The Hall–Kier alpha value is -0.700. The fraction of sp³-hybridized carbons (Fsp3) is 0.636. The SMILES string of the molecule is CC1CCC(=O)CC1Cc1ccns1. The van der Waals surface area contributed by atoms with Gasteiger partial charge in [0.2, 0.25) is 0 Å². The van der Waals surface area contributed by atoms with Crippen LogP contribution in [-0.2, 0) is 11.2 Å². The predicted octanol–water partition coefficient (Wildman–Crippen LogP) is 2.69. The number of nitrogens with zero attached hydrogens (tertiary/aromatic N) is 1. The largest absolute Gasteiger partial charge is 0.300 e. The van der Waals surface area contributed by atoms with Gasteiger partial charge in [0.15, 0.2) is 0 Å². The molecule has 3 heteroatoms. The number of hydrogen-bond acceptors (Lipinski definition) is 3. The quantitative estimate of drug-likeness (QED) is 0.749. The monoisotopic (exact) mass is 209 g/mol.